The van der Waals surface area contributed by atoms with Crippen molar-refractivity contribution in [3.05, 3.63) is 42.5 Å². The molecular weight excluding hydrogens is 374 g/mol. The van der Waals surface area contributed by atoms with Crippen molar-refractivity contribution in [2.45, 2.75) is 62.9 Å². The minimum Gasteiger partial charge on any atom is -0.320 e. The molecule has 0 saturated carbocycles. The van der Waals surface area contributed by atoms with Crippen molar-refractivity contribution in [1.82, 2.24) is 24.4 Å². The van der Waals surface area contributed by atoms with E-state index in [-0.39, 0.29) is 11.5 Å². The molecule has 2 heterocycles. The van der Waals surface area contributed by atoms with Crippen molar-refractivity contribution in [2.75, 3.05) is 19.6 Å². The van der Waals surface area contributed by atoms with Crippen molar-refractivity contribution >= 4 is 10.0 Å². The summed E-state index contributed by atoms with van der Waals surface area (Å²) in [6.45, 7) is 9.28. The van der Waals surface area contributed by atoms with Gasteiger partial charge in [0.15, 0.2) is 0 Å². The van der Waals surface area contributed by atoms with Crippen LogP contribution in [-0.4, -0.2) is 53.2 Å². The van der Waals surface area contributed by atoms with Gasteiger partial charge in [-0.25, -0.2) is 8.42 Å². The second-order valence-electron chi connectivity index (χ2n) is 8.42. The average molecular weight is 406 g/mol. The Morgan fingerprint density at radius 3 is 2.29 bits per heavy atom. The standard InChI is InChI=1S/C20H31N5O2S/c1-20(2,3)17-5-7-19(8-6-17)28(26,27)25(18-9-11-21-12-10-18)14-4-13-24-15-22-23-16-24/h5-8,15-16,18,21H,4,9-14H2,1-3H3. The highest BCUT2D eigenvalue weighted by atomic mass is 32.2. The molecule has 1 fully saturated rings. The lowest BCUT2D eigenvalue weighted by Gasteiger charge is -2.34. The molecule has 0 unspecified atom stereocenters. The zero-order valence-corrected chi connectivity index (χ0v) is 17.8. The fourth-order valence-corrected chi connectivity index (χ4v) is 5.33. The molecule has 0 atom stereocenters. The van der Waals surface area contributed by atoms with Gasteiger partial charge in [-0.2, -0.15) is 4.31 Å². The highest BCUT2D eigenvalue weighted by Gasteiger charge is 2.32. The Morgan fingerprint density at radius 1 is 1.11 bits per heavy atom. The molecule has 1 aromatic heterocycles. The molecule has 28 heavy (non-hydrogen) atoms. The van der Waals surface area contributed by atoms with E-state index >= 15 is 0 Å². The zero-order valence-electron chi connectivity index (χ0n) is 17.0. The Morgan fingerprint density at radius 2 is 1.71 bits per heavy atom. The molecule has 8 heteroatoms. The largest absolute Gasteiger partial charge is 0.320 e. The number of aryl methyl sites for hydroxylation is 1. The fourth-order valence-electron chi connectivity index (χ4n) is 3.60. The normalized spacial score (nSPS) is 16.6. The van der Waals surface area contributed by atoms with Crippen molar-refractivity contribution < 1.29 is 8.42 Å². The third-order valence-corrected chi connectivity index (χ3v) is 7.27. The molecule has 3 rings (SSSR count). The molecule has 7 nitrogen and oxygen atoms in total. The maximum absolute atomic E-state index is 13.5. The van der Waals surface area contributed by atoms with Crippen LogP contribution in [0.2, 0.25) is 0 Å². The van der Waals surface area contributed by atoms with Crippen molar-refractivity contribution in [2.24, 2.45) is 0 Å². The maximum atomic E-state index is 13.5. The van der Waals surface area contributed by atoms with Crippen LogP contribution < -0.4 is 5.32 Å². The predicted octanol–water partition coefficient (Wildman–Crippen LogP) is 2.41. The smallest absolute Gasteiger partial charge is 0.243 e. The number of rotatable bonds is 7. The molecule has 0 aliphatic carbocycles. The van der Waals surface area contributed by atoms with Gasteiger partial charge < -0.3 is 9.88 Å². The summed E-state index contributed by atoms with van der Waals surface area (Å²) in [5.74, 6) is 0. The van der Waals surface area contributed by atoms with Crippen LogP contribution in [0.25, 0.3) is 0 Å². The molecule has 1 aromatic carbocycles. The van der Waals surface area contributed by atoms with E-state index in [0.717, 1.165) is 37.9 Å². The molecule has 0 radical (unpaired) electrons. The number of nitrogens with one attached hydrogen (secondary N) is 1. The Kier molecular flexibility index (Phi) is 6.52. The van der Waals surface area contributed by atoms with E-state index in [9.17, 15) is 8.42 Å². The lowest BCUT2D eigenvalue weighted by atomic mass is 9.87. The van der Waals surface area contributed by atoms with Gasteiger partial charge in [-0.15, -0.1) is 10.2 Å². The summed E-state index contributed by atoms with van der Waals surface area (Å²) in [5, 5.41) is 10.9. The molecule has 1 N–H and O–H groups in total. The topological polar surface area (TPSA) is 80.1 Å². The zero-order chi connectivity index (χ0) is 20.2. The van der Waals surface area contributed by atoms with E-state index in [1.165, 1.54) is 0 Å². The van der Waals surface area contributed by atoms with Gasteiger partial charge in [0.25, 0.3) is 0 Å². The number of benzene rings is 1. The third-order valence-electron chi connectivity index (χ3n) is 5.30. The fraction of sp³-hybridized carbons (Fsp3) is 0.600. The van der Waals surface area contributed by atoms with E-state index < -0.39 is 10.0 Å². The van der Waals surface area contributed by atoms with Gasteiger partial charge in [-0.05, 0) is 55.5 Å². The van der Waals surface area contributed by atoms with Crippen molar-refractivity contribution in [3.8, 4) is 0 Å². The summed E-state index contributed by atoms with van der Waals surface area (Å²) >= 11 is 0. The second kappa shape index (κ2) is 8.71. The summed E-state index contributed by atoms with van der Waals surface area (Å²) in [4.78, 5) is 0.378. The minimum absolute atomic E-state index is 0.00411. The van der Waals surface area contributed by atoms with Crippen LogP contribution >= 0.6 is 0 Å². The van der Waals surface area contributed by atoms with Gasteiger partial charge >= 0.3 is 0 Å². The molecule has 1 aliphatic heterocycles. The molecule has 1 aliphatic rings. The Bertz CT molecular complexity index is 836. The summed E-state index contributed by atoms with van der Waals surface area (Å²) < 4.78 is 30.5. The Balaban J connectivity index is 1.80. The first-order valence-corrected chi connectivity index (χ1v) is 11.4. The molecular formula is C20H31N5O2S. The number of aromatic nitrogens is 3. The minimum atomic E-state index is -3.54. The van der Waals surface area contributed by atoms with Gasteiger partial charge in [0, 0.05) is 19.1 Å². The van der Waals surface area contributed by atoms with Crippen molar-refractivity contribution in [1.29, 1.82) is 0 Å². The SMILES string of the molecule is CC(C)(C)c1ccc(S(=O)(=O)N(CCCn2cnnc2)C2CCNCC2)cc1. The highest BCUT2D eigenvalue weighted by Crippen LogP contribution is 2.27. The van der Waals surface area contributed by atoms with Crippen molar-refractivity contribution in [3.63, 3.8) is 0 Å². The van der Waals surface area contributed by atoms with E-state index in [0.29, 0.717) is 18.0 Å². The summed E-state index contributed by atoms with van der Waals surface area (Å²) in [6, 6.07) is 7.41. The van der Waals surface area contributed by atoms with Crippen LogP contribution in [0.3, 0.4) is 0 Å². The van der Waals surface area contributed by atoms with Gasteiger partial charge in [0.1, 0.15) is 12.7 Å². The van der Waals surface area contributed by atoms with E-state index in [1.54, 1.807) is 29.1 Å². The number of nitrogens with zero attached hydrogens (tertiary/aromatic N) is 4. The first-order chi connectivity index (χ1) is 13.3. The van der Waals surface area contributed by atoms with E-state index in [4.69, 9.17) is 0 Å². The Labute approximate surface area is 168 Å². The van der Waals surface area contributed by atoms with Crippen LogP contribution in [-0.2, 0) is 22.0 Å². The maximum Gasteiger partial charge on any atom is 0.243 e. The quantitative estimate of drug-likeness (QED) is 0.765. The molecule has 1 saturated heterocycles. The number of sulfonamides is 1. The molecule has 0 bridgehead atoms. The van der Waals surface area contributed by atoms with Crippen LogP contribution in [0.15, 0.2) is 41.8 Å². The first kappa shape index (κ1) is 21.0. The second-order valence-corrected chi connectivity index (χ2v) is 10.3. The van der Waals surface area contributed by atoms with Gasteiger partial charge in [-0.1, -0.05) is 32.9 Å². The van der Waals surface area contributed by atoms with E-state index in [2.05, 4.69) is 36.3 Å². The lowest BCUT2D eigenvalue weighted by Crippen LogP contribution is -2.46. The van der Waals surface area contributed by atoms with Crippen LogP contribution in [0.5, 0.6) is 0 Å². The number of hydrogen-bond acceptors (Lipinski definition) is 5. The molecule has 0 spiro atoms. The predicted molar refractivity (Wildman–Crippen MR) is 110 cm³/mol. The van der Waals surface area contributed by atoms with Gasteiger partial charge in [0.2, 0.25) is 10.0 Å². The van der Waals surface area contributed by atoms with Gasteiger partial charge in [-0.3, -0.25) is 0 Å². The summed E-state index contributed by atoms with van der Waals surface area (Å²) in [5.41, 5.74) is 1.13. The molecule has 154 valence electrons. The Hall–Kier alpha value is -1.77. The highest BCUT2D eigenvalue weighted by molar-refractivity contribution is 7.89. The first-order valence-electron chi connectivity index (χ1n) is 9.94. The summed E-state index contributed by atoms with van der Waals surface area (Å²) in [6.07, 6.45) is 5.72. The van der Waals surface area contributed by atoms with Crippen LogP contribution in [0.1, 0.15) is 45.6 Å². The summed E-state index contributed by atoms with van der Waals surface area (Å²) in [7, 11) is -3.54. The lowest BCUT2D eigenvalue weighted by molar-refractivity contribution is 0.256. The average Bonchev–Trinajstić information content (AvgIpc) is 3.19. The molecule has 2 aromatic rings. The van der Waals surface area contributed by atoms with Crippen LogP contribution in [0, 0.1) is 0 Å². The monoisotopic (exact) mass is 405 g/mol. The van der Waals surface area contributed by atoms with Crippen LogP contribution in [0.4, 0.5) is 0 Å². The third kappa shape index (κ3) is 4.98. The van der Waals surface area contributed by atoms with Gasteiger partial charge in [0.05, 0.1) is 4.90 Å². The number of hydrogen-bond donors (Lipinski definition) is 1. The molecule has 0 amide bonds. The number of piperidine rings is 1. The van der Waals surface area contributed by atoms with E-state index in [1.807, 2.05) is 16.7 Å².